The van der Waals surface area contributed by atoms with Gasteiger partial charge in [0.1, 0.15) is 12.0 Å². The number of halogens is 1. The van der Waals surface area contributed by atoms with E-state index >= 15 is 0 Å². The number of carbonyl (C=O) groups excluding carboxylic acids is 3. The highest BCUT2D eigenvalue weighted by molar-refractivity contribution is 6.32. The molecule has 29 heavy (non-hydrogen) atoms. The van der Waals surface area contributed by atoms with Gasteiger partial charge in [-0.25, -0.2) is 4.79 Å². The molecule has 0 radical (unpaired) electrons. The zero-order chi connectivity index (χ0) is 21.6. The number of benzene rings is 1. The molecule has 1 aromatic rings. The molecule has 9 heteroatoms. The molecule has 0 bridgehead atoms. The van der Waals surface area contributed by atoms with E-state index in [1.807, 2.05) is 19.1 Å². The minimum absolute atomic E-state index is 0.0261. The van der Waals surface area contributed by atoms with E-state index in [0.29, 0.717) is 43.2 Å². The summed E-state index contributed by atoms with van der Waals surface area (Å²) in [5.74, 6) is 0.601. The molecule has 2 rings (SSSR count). The molecule has 1 atom stereocenters. The molecule has 0 spiro atoms. The number of nitrogens with one attached hydrogen (secondary N) is 2. The van der Waals surface area contributed by atoms with Crippen LogP contribution < -0.4 is 20.3 Å². The number of aldehydes is 1. The number of ether oxygens (including phenoxy) is 1. The summed E-state index contributed by atoms with van der Waals surface area (Å²) in [5.41, 5.74) is 1.02. The van der Waals surface area contributed by atoms with Crippen molar-refractivity contribution in [1.82, 2.24) is 15.5 Å². The molecule has 8 nitrogen and oxygen atoms in total. The first-order valence-corrected chi connectivity index (χ1v) is 9.94. The number of anilines is 1. The second kappa shape index (κ2) is 9.82. The summed E-state index contributed by atoms with van der Waals surface area (Å²) < 4.78 is 5.31. The summed E-state index contributed by atoms with van der Waals surface area (Å²) in [5, 5.41) is 5.57. The van der Waals surface area contributed by atoms with Crippen molar-refractivity contribution >= 4 is 35.5 Å². The molecule has 0 aromatic heterocycles. The first-order valence-electron chi connectivity index (χ1n) is 9.56. The van der Waals surface area contributed by atoms with Crippen molar-refractivity contribution in [3.8, 4) is 5.75 Å². The molecule has 1 fully saturated rings. The van der Waals surface area contributed by atoms with Crippen molar-refractivity contribution in [3.05, 3.63) is 22.7 Å². The average Bonchev–Trinajstić information content (AvgIpc) is 2.72. The van der Waals surface area contributed by atoms with Gasteiger partial charge in [-0.05, 0) is 31.9 Å². The minimum atomic E-state index is -1.07. The molecule has 1 aliphatic rings. The predicted octanol–water partition coefficient (Wildman–Crippen LogP) is 1.97. The van der Waals surface area contributed by atoms with E-state index in [-0.39, 0.29) is 18.7 Å². The normalized spacial score (nSPS) is 16.0. The Morgan fingerprint density at radius 2 is 1.93 bits per heavy atom. The Hall–Kier alpha value is -2.48. The summed E-state index contributed by atoms with van der Waals surface area (Å²) in [7, 11) is 3.06. The maximum atomic E-state index is 12.6. The maximum Gasteiger partial charge on any atom is 0.315 e. The van der Waals surface area contributed by atoms with Crippen LogP contribution in [0, 0.1) is 6.92 Å². The largest absolute Gasteiger partial charge is 0.495 e. The monoisotopic (exact) mass is 424 g/mol. The number of rotatable bonds is 7. The Morgan fingerprint density at radius 1 is 1.28 bits per heavy atom. The zero-order valence-electron chi connectivity index (χ0n) is 17.4. The van der Waals surface area contributed by atoms with Crippen LogP contribution in [0.4, 0.5) is 10.5 Å². The molecule has 160 valence electrons. The Bertz CT molecular complexity index is 765. The Balaban J connectivity index is 1.93. The van der Waals surface area contributed by atoms with Gasteiger partial charge in [0.2, 0.25) is 5.91 Å². The van der Waals surface area contributed by atoms with Crippen molar-refractivity contribution in [2.24, 2.45) is 0 Å². The maximum absolute atomic E-state index is 12.6. The van der Waals surface area contributed by atoms with Crippen LogP contribution in [-0.2, 0) is 9.59 Å². The molecular formula is C20H29ClN4O4. The summed E-state index contributed by atoms with van der Waals surface area (Å²) in [6.45, 7) is 6.17. The molecule has 3 amide bonds. The topological polar surface area (TPSA) is 91.0 Å². The number of aryl methyl sites for hydroxylation is 1. The van der Waals surface area contributed by atoms with E-state index in [0.717, 1.165) is 11.3 Å². The van der Waals surface area contributed by atoms with E-state index in [1.165, 1.54) is 7.05 Å². The van der Waals surface area contributed by atoms with Crippen molar-refractivity contribution in [3.63, 3.8) is 0 Å². The van der Waals surface area contributed by atoms with Gasteiger partial charge in [-0.2, -0.15) is 0 Å². The van der Waals surface area contributed by atoms with E-state index in [4.69, 9.17) is 16.3 Å². The fraction of sp³-hybridized carbons (Fsp3) is 0.550. The molecule has 1 aliphatic heterocycles. The molecule has 1 unspecified atom stereocenters. The van der Waals surface area contributed by atoms with Gasteiger partial charge in [-0.1, -0.05) is 11.6 Å². The third-order valence-electron chi connectivity index (χ3n) is 5.19. The van der Waals surface area contributed by atoms with Gasteiger partial charge in [-0.3, -0.25) is 4.79 Å². The first-order chi connectivity index (χ1) is 13.7. The lowest BCUT2D eigenvalue weighted by atomic mass is 9.97. The standard InChI is InChI=1S/C20H29ClN4O4/c1-14-11-15(21)17(29-4)12-16(14)24-7-9-25(10-8-24)18(27)5-6-20(2,13-26)23-19(28)22-3/h11-13H,5-10H2,1-4H3,(H2,22,23,28). The fourth-order valence-corrected chi connectivity index (χ4v) is 3.63. The number of amides is 3. The van der Waals surface area contributed by atoms with Crippen LogP contribution in [0.2, 0.25) is 5.02 Å². The molecule has 1 heterocycles. The van der Waals surface area contributed by atoms with E-state index in [1.54, 1.807) is 18.9 Å². The lowest BCUT2D eigenvalue weighted by Crippen LogP contribution is -2.52. The van der Waals surface area contributed by atoms with Crippen molar-refractivity contribution in [1.29, 1.82) is 0 Å². The Morgan fingerprint density at radius 3 is 2.48 bits per heavy atom. The average molecular weight is 425 g/mol. The second-order valence-corrected chi connectivity index (χ2v) is 7.79. The number of hydrogen-bond donors (Lipinski definition) is 2. The summed E-state index contributed by atoms with van der Waals surface area (Å²) in [4.78, 5) is 39.5. The summed E-state index contributed by atoms with van der Waals surface area (Å²) in [6, 6.07) is 3.36. The number of piperazine rings is 1. The highest BCUT2D eigenvalue weighted by atomic mass is 35.5. The van der Waals surface area contributed by atoms with Gasteiger partial charge in [0.25, 0.3) is 0 Å². The van der Waals surface area contributed by atoms with Crippen LogP contribution >= 0.6 is 11.6 Å². The number of nitrogens with zero attached hydrogens (tertiary/aromatic N) is 2. The Kier molecular flexibility index (Phi) is 7.73. The van der Waals surface area contributed by atoms with Gasteiger partial charge >= 0.3 is 6.03 Å². The quantitative estimate of drug-likeness (QED) is 0.653. The predicted molar refractivity (Wildman–Crippen MR) is 113 cm³/mol. The lowest BCUT2D eigenvalue weighted by Gasteiger charge is -2.37. The van der Waals surface area contributed by atoms with Gasteiger partial charge in [0, 0.05) is 51.4 Å². The third-order valence-corrected chi connectivity index (χ3v) is 5.48. The molecule has 0 aliphatic carbocycles. The molecule has 1 aromatic carbocycles. The van der Waals surface area contributed by atoms with Crippen LogP contribution in [0.5, 0.6) is 5.75 Å². The fourth-order valence-electron chi connectivity index (χ4n) is 3.33. The van der Waals surface area contributed by atoms with Crippen LogP contribution in [0.3, 0.4) is 0 Å². The zero-order valence-corrected chi connectivity index (χ0v) is 18.1. The van der Waals surface area contributed by atoms with Crippen LogP contribution in [0.1, 0.15) is 25.3 Å². The molecule has 2 N–H and O–H groups in total. The van der Waals surface area contributed by atoms with Crippen molar-refractivity contribution in [2.45, 2.75) is 32.2 Å². The van der Waals surface area contributed by atoms with E-state index in [9.17, 15) is 14.4 Å². The van der Waals surface area contributed by atoms with Crippen molar-refractivity contribution < 1.29 is 19.1 Å². The summed E-state index contributed by atoms with van der Waals surface area (Å²) in [6.07, 6.45) is 1.10. The van der Waals surface area contributed by atoms with Gasteiger partial charge < -0.3 is 30.0 Å². The number of urea groups is 1. The molecule has 0 saturated carbocycles. The van der Waals surface area contributed by atoms with Gasteiger partial charge in [0.15, 0.2) is 0 Å². The lowest BCUT2D eigenvalue weighted by molar-refractivity contribution is -0.132. The Labute approximate surface area is 176 Å². The third kappa shape index (κ3) is 5.76. The smallest absolute Gasteiger partial charge is 0.315 e. The second-order valence-electron chi connectivity index (χ2n) is 7.38. The minimum Gasteiger partial charge on any atom is -0.495 e. The highest BCUT2D eigenvalue weighted by Crippen LogP contribution is 2.33. The first kappa shape index (κ1) is 22.8. The van der Waals surface area contributed by atoms with Crippen LogP contribution in [0.15, 0.2) is 12.1 Å². The van der Waals surface area contributed by atoms with E-state index in [2.05, 4.69) is 15.5 Å². The molecular weight excluding hydrogens is 396 g/mol. The summed E-state index contributed by atoms with van der Waals surface area (Å²) >= 11 is 6.18. The number of carbonyl (C=O) groups is 3. The van der Waals surface area contributed by atoms with Crippen LogP contribution in [0.25, 0.3) is 0 Å². The highest BCUT2D eigenvalue weighted by Gasteiger charge is 2.29. The molecule has 1 saturated heterocycles. The number of methoxy groups -OCH3 is 1. The van der Waals surface area contributed by atoms with Gasteiger partial charge in [-0.15, -0.1) is 0 Å². The van der Waals surface area contributed by atoms with Gasteiger partial charge in [0.05, 0.1) is 17.7 Å². The van der Waals surface area contributed by atoms with E-state index < -0.39 is 11.6 Å². The number of hydrogen-bond acceptors (Lipinski definition) is 5. The van der Waals surface area contributed by atoms with Crippen molar-refractivity contribution in [2.75, 3.05) is 45.2 Å². The van der Waals surface area contributed by atoms with Crippen LogP contribution in [-0.4, -0.2) is 69.0 Å². The SMILES string of the molecule is CNC(=O)NC(C)(C=O)CCC(=O)N1CCN(c2cc(OC)c(Cl)cc2C)CC1.